The minimum Gasteiger partial charge on any atom is -0.504 e. The molecule has 0 spiro atoms. The second kappa shape index (κ2) is 9.11. The van der Waals surface area contributed by atoms with Crippen molar-refractivity contribution in [2.45, 2.75) is 13.3 Å². The van der Waals surface area contributed by atoms with Gasteiger partial charge in [0.2, 0.25) is 0 Å². The summed E-state index contributed by atoms with van der Waals surface area (Å²) in [6.45, 7) is 4.07. The smallest absolute Gasteiger partial charge is 0.186 e. The fraction of sp³-hybridized carbons (Fsp3) is 0.385. The number of hydrogen-bond donors (Lipinski definition) is 4. The average molecular weight is 297 g/mol. The summed E-state index contributed by atoms with van der Waals surface area (Å²) in [7, 11) is 0. The first-order valence-corrected chi connectivity index (χ1v) is 6.71. The number of phenolic OH excluding ortho intramolecular Hbond substituents is 2. The quantitative estimate of drug-likeness (QED) is 0.200. The van der Waals surface area contributed by atoms with Crippen LogP contribution in [0.3, 0.4) is 0 Å². The van der Waals surface area contributed by atoms with Crippen molar-refractivity contribution in [2.75, 3.05) is 19.8 Å². The minimum absolute atomic E-state index is 0.165. The summed E-state index contributed by atoms with van der Waals surface area (Å²) < 4.78 is 5.20. The summed E-state index contributed by atoms with van der Waals surface area (Å²) in [6.07, 6.45) is 2.36. The molecule has 0 radical (unpaired) electrons. The van der Waals surface area contributed by atoms with E-state index >= 15 is 0 Å². The Bertz CT molecular complexity index is 466. The first kappa shape index (κ1) is 16.2. The van der Waals surface area contributed by atoms with E-state index in [9.17, 15) is 5.11 Å². The third kappa shape index (κ3) is 6.35. The Labute approximate surface area is 123 Å². The highest BCUT2D eigenvalue weighted by Crippen LogP contribution is 2.23. The zero-order valence-corrected chi connectivity index (χ0v) is 12.1. The van der Waals surface area contributed by atoms with Gasteiger partial charge in [-0.3, -0.25) is 5.43 Å². The monoisotopic (exact) mass is 297 g/mol. The van der Waals surface area contributed by atoms with Crippen molar-refractivity contribution in [3.8, 4) is 11.5 Å². The van der Waals surface area contributed by atoms with E-state index in [1.54, 1.807) is 6.07 Å². The number of thiocarbonyl (C=S) groups is 1. The standard InChI is InChI=1S/C13H19N3O3S/c1-2-19-7-3-6-14-13(20)16-15-9-10-4-5-11(17)12(18)8-10/h4-5,8-9,17-18H,2-3,6-7H2,1H3,(H2,14,16,20)/b15-9+. The van der Waals surface area contributed by atoms with Gasteiger partial charge in [0.15, 0.2) is 16.6 Å². The number of ether oxygens (including phenoxy) is 1. The molecule has 0 bridgehead atoms. The van der Waals surface area contributed by atoms with Crippen LogP contribution < -0.4 is 10.7 Å². The molecule has 0 saturated heterocycles. The van der Waals surface area contributed by atoms with Crippen LogP contribution in [-0.4, -0.2) is 41.3 Å². The first-order valence-electron chi connectivity index (χ1n) is 6.30. The number of hydrazone groups is 1. The molecule has 0 aliphatic rings. The van der Waals surface area contributed by atoms with Crippen LogP contribution in [0.15, 0.2) is 23.3 Å². The van der Waals surface area contributed by atoms with Crippen molar-refractivity contribution in [1.82, 2.24) is 10.7 Å². The van der Waals surface area contributed by atoms with Gasteiger partial charge < -0.3 is 20.3 Å². The summed E-state index contributed by atoms with van der Waals surface area (Å²) in [4.78, 5) is 0. The van der Waals surface area contributed by atoms with Gasteiger partial charge >= 0.3 is 0 Å². The predicted molar refractivity (Wildman–Crippen MR) is 82.2 cm³/mol. The molecule has 6 nitrogen and oxygen atoms in total. The van der Waals surface area contributed by atoms with Crippen LogP contribution in [0.25, 0.3) is 0 Å². The van der Waals surface area contributed by atoms with Crippen molar-refractivity contribution in [2.24, 2.45) is 5.10 Å². The Morgan fingerprint density at radius 2 is 2.20 bits per heavy atom. The van der Waals surface area contributed by atoms with Crippen molar-refractivity contribution in [3.05, 3.63) is 23.8 Å². The average Bonchev–Trinajstić information content (AvgIpc) is 2.42. The highest BCUT2D eigenvalue weighted by molar-refractivity contribution is 7.80. The molecular weight excluding hydrogens is 278 g/mol. The molecule has 0 aromatic heterocycles. The molecule has 20 heavy (non-hydrogen) atoms. The molecule has 0 saturated carbocycles. The van der Waals surface area contributed by atoms with Gasteiger partial charge in [-0.05, 0) is 49.3 Å². The molecule has 1 rings (SSSR count). The molecule has 110 valence electrons. The summed E-state index contributed by atoms with van der Waals surface area (Å²) in [5.74, 6) is -0.354. The van der Waals surface area contributed by atoms with Crippen LogP contribution in [-0.2, 0) is 4.74 Å². The summed E-state index contributed by atoms with van der Waals surface area (Å²) in [5, 5.41) is 25.8. The number of aromatic hydroxyl groups is 2. The Morgan fingerprint density at radius 3 is 2.90 bits per heavy atom. The number of nitrogens with zero attached hydrogens (tertiary/aromatic N) is 1. The van der Waals surface area contributed by atoms with E-state index in [2.05, 4.69) is 15.8 Å². The fourth-order valence-corrected chi connectivity index (χ4v) is 1.50. The fourth-order valence-electron chi connectivity index (χ4n) is 1.35. The highest BCUT2D eigenvalue weighted by atomic mass is 32.1. The van der Waals surface area contributed by atoms with Crippen LogP contribution in [0, 0.1) is 0 Å². The Kier molecular flexibility index (Phi) is 7.38. The first-order chi connectivity index (χ1) is 9.63. The highest BCUT2D eigenvalue weighted by Gasteiger charge is 1.98. The maximum Gasteiger partial charge on any atom is 0.186 e. The van der Waals surface area contributed by atoms with Crippen molar-refractivity contribution < 1.29 is 14.9 Å². The largest absolute Gasteiger partial charge is 0.504 e. The predicted octanol–water partition coefficient (Wildman–Crippen LogP) is 1.32. The van der Waals surface area contributed by atoms with Crippen molar-refractivity contribution in [1.29, 1.82) is 0 Å². The number of benzene rings is 1. The van der Waals surface area contributed by atoms with Gasteiger partial charge in [0.1, 0.15) is 0 Å². The molecule has 7 heteroatoms. The van der Waals surface area contributed by atoms with E-state index in [0.717, 1.165) is 6.42 Å². The summed E-state index contributed by atoms with van der Waals surface area (Å²) >= 11 is 5.03. The number of nitrogens with one attached hydrogen (secondary N) is 2. The van der Waals surface area contributed by atoms with Gasteiger partial charge in [-0.1, -0.05) is 0 Å². The molecule has 0 heterocycles. The molecule has 0 fully saturated rings. The SMILES string of the molecule is CCOCCCNC(=S)N/N=C/c1ccc(O)c(O)c1. The van der Waals surface area contributed by atoms with Crippen molar-refractivity contribution in [3.63, 3.8) is 0 Å². The van der Waals surface area contributed by atoms with Crippen LogP contribution in [0.2, 0.25) is 0 Å². The van der Waals surface area contributed by atoms with E-state index in [1.807, 2.05) is 6.92 Å². The summed E-state index contributed by atoms with van der Waals surface area (Å²) in [5.41, 5.74) is 3.31. The topological polar surface area (TPSA) is 86.1 Å². The lowest BCUT2D eigenvalue weighted by Gasteiger charge is -2.06. The van der Waals surface area contributed by atoms with Gasteiger partial charge in [0, 0.05) is 19.8 Å². The second-order valence-electron chi connectivity index (χ2n) is 3.92. The third-order valence-electron chi connectivity index (χ3n) is 2.33. The lowest BCUT2D eigenvalue weighted by molar-refractivity contribution is 0.145. The molecular formula is C13H19N3O3S. The van der Waals surface area contributed by atoms with E-state index in [0.29, 0.717) is 30.4 Å². The van der Waals surface area contributed by atoms with Gasteiger partial charge in [-0.2, -0.15) is 5.10 Å². The molecule has 4 N–H and O–H groups in total. The number of phenols is 2. The molecule has 1 aromatic rings. The Balaban J connectivity index is 2.26. The zero-order valence-electron chi connectivity index (χ0n) is 11.3. The van der Waals surface area contributed by atoms with Crippen LogP contribution in [0.1, 0.15) is 18.9 Å². The van der Waals surface area contributed by atoms with E-state index < -0.39 is 0 Å². The molecule has 0 amide bonds. The lowest BCUT2D eigenvalue weighted by Crippen LogP contribution is -2.33. The van der Waals surface area contributed by atoms with Gasteiger partial charge in [0.25, 0.3) is 0 Å². The molecule has 1 aromatic carbocycles. The lowest BCUT2D eigenvalue weighted by atomic mass is 10.2. The zero-order chi connectivity index (χ0) is 14.8. The van der Waals surface area contributed by atoms with Crippen molar-refractivity contribution >= 4 is 23.5 Å². The molecule has 0 unspecified atom stereocenters. The maximum absolute atomic E-state index is 9.31. The van der Waals surface area contributed by atoms with E-state index in [1.165, 1.54) is 18.3 Å². The summed E-state index contributed by atoms with van der Waals surface area (Å²) in [6, 6.07) is 4.42. The third-order valence-corrected chi connectivity index (χ3v) is 2.57. The van der Waals surface area contributed by atoms with Gasteiger partial charge in [0.05, 0.1) is 6.21 Å². The van der Waals surface area contributed by atoms with Gasteiger partial charge in [-0.25, -0.2) is 0 Å². The van der Waals surface area contributed by atoms with E-state index in [4.69, 9.17) is 22.1 Å². The maximum atomic E-state index is 9.31. The Hall–Kier alpha value is -1.86. The Morgan fingerprint density at radius 1 is 1.40 bits per heavy atom. The molecule has 0 aliphatic heterocycles. The molecule has 0 atom stereocenters. The second-order valence-corrected chi connectivity index (χ2v) is 4.33. The number of rotatable bonds is 7. The van der Waals surface area contributed by atoms with E-state index in [-0.39, 0.29) is 11.5 Å². The normalized spacial score (nSPS) is 10.7. The minimum atomic E-state index is -0.189. The number of hydrogen-bond acceptors (Lipinski definition) is 5. The molecule has 0 aliphatic carbocycles. The van der Waals surface area contributed by atoms with Crippen LogP contribution in [0.4, 0.5) is 0 Å². The van der Waals surface area contributed by atoms with Crippen LogP contribution >= 0.6 is 12.2 Å². The van der Waals surface area contributed by atoms with Crippen LogP contribution in [0.5, 0.6) is 11.5 Å². The van der Waals surface area contributed by atoms with Gasteiger partial charge in [-0.15, -0.1) is 0 Å².